The van der Waals surface area contributed by atoms with Crippen molar-refractivity contribution >= 4 is 34.1 Å². The van der Waals surface area contributed by atoms with Gasteiger partial charge in [0, 0.05) is 36.5 Å². The molecule has 0 aliphatic carbocycles. The molecular weight excluding hydrogens is 400 g/mol. The van der Waals surface area contributed by atoms with E-state index in [0.717, 1.165) is 24.1 Å². The first-order valence-electron chi connectivity index (χ1n) is 9.28. The molecule has 3 heterocycles. The van der Waals surface area contributed by atoms with E-state index in [1.54, 1.807) is 30.5 Å². The molecule has 2 N–H and O–H groups in total. The molecule has 1 atom stereocenters. The predicted octanol–water partition coefficient (Wildman–Crippen LogP) is 4.23. The predicted molar refractivity (Wildman–Crippen MR) is 108 cm³/mol. The van der Waals surface area contributed by atoms with Gasteiger partial charge in [-0.25, -0.2) is 18.7 Å². The van der Waals surface area contributed by atoms with Gasteiger partial charge in [-0.05, 0) is 42.7 Å². The van der Waals surface area contributed by atoms with Crippen LogP contribution in [0.25, 0.3) is 11.0 Å². The number of alkyl halides is 2. The van der Waals surface area contributed by atoms with Gasteiger partial charge in [0.25, 0.3) is 6.43 Å². The van der Waals surface area contributed by atoms with Gasteiger partial charge in [-0.2, -0.15) is 0 Å². The normalized spacial score (nSPS) is 17.4. The number of anilines is 2. The fraction of sp³-hybridized carbons (Fsp3) is 0.350. The highest BCUT2D eigenvalue weighted by Crippen LogP contribution is 2.30. The monoisotopic (exact) mass is 419 g/mol. The summed E-state index contributed by atoms with van der Waals surface area (Å²) in [6.45, 7) is 3.78. The van der Waals surface area contributed by atoms with Gasteiger partial charge in [0.2, 0.25) is 0 Å². The third-order valence-corrected chi connectivity index (χ3v) is 5.39. The third-order valence-electron chi connectivity index (χ3n) is 4.98. The smallest absolute Gasteiger partial charge is 0.297 e. The highest BCUT2D eigenvalue weighted by molar-refractivity contribution is 6.31. The highest BCUT2D eigenvalue weighted by Gasteiger charge is 2.21. The summed E-state index contributed by atoms with van der Waals surface area (Å²) in [7, 11) is 0. The Morgan fingerprint density at radius 3 is 2.90 bits per heavy atom. The Bertz CT molecular complexity index is 1050. The van der Waals surface area contributed by atoms with Gasteiger partial charge in [-0.15, -0.1) is 0 Å². The molecule has 0 saturated carbocycles. The number of likely N-dealkylation sites (tertiary alicyclic amines) is 1. The van der Waals surface area contributed by atoms with Gasteiger partial charge in [-0.3, -0.25) is 9.88 Å². The molecule has 1 saturated heterocycles. The van der Waals surface area contributed by atoms with E-state index in [1.165, 1.54) is 0 Å². The maximum absolute atomic E-state index is 13.4. The maximum atomic E-state index is 13.4. The summed E-state index contributed by atoms with van der Waals surface area (Å²) >= 11 is 6.16. The number of β-amino-alcohol motifs (C(OH)–C–C–N with tert-alkyl or cyclic N) is 1. The first kappa shape index (κ1) is 19.9. The van der Waals surface area contributed by atoms with Crippen LogP contribution < -0.4 is 5.32 Å². The van der Waals surface area contributed by atoms with Crippen LogP contribution >= 0.6 is 11.6 Å². The molecule has 1 aliphatic rings. The number of halogens is 3. The molecule has 9 heteroatoms. The lowest BCUT2D eigenvalue weighted by Gasteiger charge is -2.16. The van der Waals surface area contributed by atoms with E-state index < -0.39 is 12.2 Å². The molecule has 6 nitrogen and oxygen atoms in total. The summed E-state index contributed by atoms with van der Waals surface area (Å²) in [5.41, 5.74) is 3.03. The number of rotatable bonds is 5. The molecule has 4 rings (SSSR count). The largest absolute Gasteiger partial charge is 0.392 e. The van der Waals surface area contributed by atoms with Crippen LogP contribution in [0, 0.1) is 6.92 Å². The second-order valence-electron chi connectivity index (χ2n) is 7.16. The van der Waals surface area contributed by atoms with Crippen LogP contribution in [-0.4, -0.2) is 44.2 Å². The Labute approximate surface area is 171 Å². The van der Waals surface area contributed by atoms with Gasteiger partial charge in [0.05, 0.1) is 11.6 Å². The molecule has 2 aromatic heterocycles. The third kappa shape index (κ3) is 4.29. The zero-order chi connectivity index (χ0) is 20.5. The van der Waals surface area contributed by atoms with E-state index in [0.29, 0.717) is 34.8 Å². The van der Waals surface area contributed by atoms with Crippen molar-refractivity contribution in [3.63, 3.8) is 0 Å². The number of hydrogen-bond acceptors (Lipinski definition) is 6. The maximum Gasteiger partial charge on any atom is 0.297 e. The van der Waals surface area contributed by atoms with Crippen molar-refractivity contribution in [2.45, 2.75) is 32.4 Å². The topological polar surface area (TPSA) is 74.2 Å². The summed E-state index contributed by atoms with van der Waals surface area (Å²) in [4.78, 5) is 14.5. The number of hydrogen-bond donors (Lipinski definition) is 2. The average Bonchev–Trinajstić information content (AvgIpc) is 3.09. The lowest BCUT2D eigenvalue weighted by Crippen LogP contribution is -2.21. The summed E-state index contributed by atoms with van der Waals surface area (Å²) in [5, 5.41) is 13.3. The number of pyridine rings is 1. The van der Waals surface area contributed by atoms with Crippen LogP contribution in [0.5, 0.6) is 0 Å². The molecule has 29 heavy (non-hydrogen) atoms. The van der Waals surface area contributed by atoms with E-state index in [-0.39, 0.29) is 11.9 Å². The van der Waals surface area contributed by atoms with Crippen LogP contribution in [-0.2, 0) is 6.54 Å². The van der Waals surface area contributed by atoms with Gasteiger partial charge in [0.1, 0.15) is 5.52 Å². The van der Waals surface area contributed by atoms with Crippen LogP contribution in [0.3, 0.4) is 0 Å². The number of aromatic nitrogens is 3. The van der Waals surface area contributed by atoms with Crippen molar-refractivity contribution in [1.82, 2.24) is 19.9 Å². The number of nitrogens with one attached hydrogen (secondary N) is 1. The molecule has 0 spiro atoms. The number of nitrogens with zero attached hydrogens (tertiary/aromatic N) is 4. The Kier molecular flexibility index (Phi) is 5.58. The Hall–Kier alpha value is -2.42. The first-order chi connectivity index (χ1) is 13.9. The molecule has 0 bridgehead atoms. The minimum Gasteiger partial charge on any atom is -0.392 e. The number of fused-ring (bicyclic) bond motifs is 1. The van der Waals surface area contributed by atoms with Gasteiger partial charge >= 0.3 is 0 Å². The molecule has 3 aromatic rings. The minimum absolute atomic E-state index is 0.207. The van der Waals surface area contributed by atoms with Gasteiger partial charge < -0.3 is 10.4 Å². The molecule has 0 radical (unpaired) electrons. The van der Waals surface area contributed by atoms with Crippen molar-refractivity contribution in [2.24, 2.45) is 0 Å². The molecule has 0 amide bonds. The summed E-state index contributed by atoms with van der Waals surface area (Å²) in [6.07, 6.45) is -0.717. The van der Waals surface area contributed by atoms with Crippen molar-refractivity contribution in [1.29, 1.82) is 0 Å². The fourth-order valence-electron chi connectivity index (χ4n) is 3.43. The van der Waals surface area contributed by atoms with Gasteiger partial charge in [-0.1, -0.05) is 17.7 Å². The Morgan fingerprint density at radius 1 is 1.34 bits per heavy atom. The second-order valence-corrected chi connectivity index (χ2v) is 7.56. The molecule has 1 fully saturated rings. The molecule has 152 valence electrons. The lowest BCUT2D eigenvalue weighted by molar-refractivity contribution is 0.141. The molecule has 1 aromatic carbocycles. The second kappa shape index (κ2) is 8.14. The summed E-state index contributed by atoms with van der Waals surface area (Å²) in [6, 6.07) is 7.07. The Balaban J connectivity index is 1.72. The van der Waals surface area contributed by atoms with E-state index in [9.17, 15) is 13.9 Å². The van der Waals surface area contributed by atoms with Crippen molar-refractivity contribution in [2.75, 3.05) is 18.4 Å². The fourth-order valence-corrected chi connectivity index (χ4v) is 3.61. The van der Waals surface area contributed by atoms with Crippen LogP contribution in [0.1, 0.15) is 29.8 Å². The van der Waals surface area contributed by atoms with E-state index >= 15 is 0 Å². The van der Waals surface area contributed by atoms with Gasteiger partial charge in [0.15, 0.2) is 11.6 Å². The number of benzene rings is 1. The van der Waals surface area contributed by atoms with Crippen LogP contribution in [0.15, 0.2) is 30.5 Å². The first-order valence-corrected chi connectivity index (χ1v) is 9.66. The number of aliphatic hydroxyl groups is 1. The zero-order valence-electron chi connectivity index (χ0n) is 15.7. The minimum atomic E-state index is -2.81. The molecular formula is C20H20ClF2N5O. The standard InChI is InChI=1S/C20H20ClF2N5O/c1-11-14(21)3-2-4-15(11)25-19-17-16(26-20(27-19)18(22)23)7-12(8-24-17)9-28-6-5-13(29)10-28/h2-4,7-8,13,18,29H,5-6,9-10H2,1H3,(H,25,26,27). The lowest BCUT2D eigenvalue weighted by atomic mass is 10.2. The van der Waals surface area contributed by atoms with Crippen LogP contribution in [0.4, 0.5) is 20.3 Å². The Morgan fingerprint density at radius 2 is 2.17 bits per heavy atom. The zero-order valence-corrected chi connectivity index (χ0v) is 16.5. The van der Waals surface area contributed by atoms with Crippen molar-refractivity contribution in [3.05, 3.63) is 52.4 Å². The SMILES string of the molecule is Cc1c(Cl)cccc1Nc1nc(C(F)F)nc2cc(CN3CCC(O)C3)cnc12. The molecule has 1 unspecified atom stereocenters. The highest BCUT2D eigenvalue weighted by atomic mass is 35.5. The molecule has 1 aliphatic heterocycles. The van der Waals surface area contributed by atoms with E-state index in [1.807, 2.05) is 6.92 Å². The summed E-state index contributed by atoms with van der Waals surface area (Å²) in [5.74, 6) is -0.353. The van der Waals surface area contributed by atoms with Crippen molar-refractivity contribution in [3.8, 4) is 0 Å². The van der Waals surface area contributed by atoms with E-state index in [2.05, 4.69) is 25.2 Å². The summed E-state index contributed by atoms with van der Waals surface area (Å²) < 4.78 is 26.8. The number of aliphatic hydroxyl groups excluding tert-OH is 1. The van der Waals surface area contributed by atoms with Crippen molar-refractivity contribution < 1.29 is 13.9 Å². The van der Waals surface area contributed by atoms with Crippen LogP contribution in [0.2, 0.25) is 5.02 Å². The average molecular weight is 420 g/mol. The quantitative estimate of drug-likeness (QED) is 0.644. The van der Waals surface area contributed by atoms with E-state index in [4.69, 9.17) is 11.6 Å².